The average Bonchev–Trinajstić information content (AvgIpc) is 2.86. The molecule has 0 bridgehead atoms. The highest BCUT2D eigenvalue weighted by Gasteiger charge is 2.22. The van der Waals surface area contributed by atoms with Gasteiger partial charge in [0.1, 0.15) is 0 Å². The van der Waals surface area contributed by atoms with Crippen LogP contribution in [0.4, 0.5) is 0 Å². The predicted octanol–water partition coefficient (Wildman–Crippen LogP) is 3.09. The van der Waals surface area contributed by atoms with Gasteiger partial charge in [-0.15, -0.1) is 0 Å². The third-order valence-electron chi connectivity index (χ3n) is 3.00. The van der Waals surface area contributed by atoms with Crippen molar-refractivity contribution in [2.75, 3.05) is 12.3 Å². The smallest absolute Gasteiger partial charge is 0.243 e. The molecule has 0 radical (unpaired) electrons. The summed E-state index contributed by atoms with van der Waals surface area (Å²) in [4.78, 5) is 4.53. The fraction of sp³-hybridized carbons (Fsp3) is 0.833. The van der Waals surface area contributed by atoms with Crippen LogP contribution in [-0.4, -0.2) is 22.4 Å². The quantitative estimate of drug-likeness (QED) is 0.876. The lowest BCUT2D eigenvalue weighted by molar-refractivity contribution is 0.336. The Labute approximate surface area is 107 Å². The van der Waals surface area contributed by atoms with E-state index >= 15 is 0 Å². The molecule has 2 heterocycles. The Morgan fingerprint density at radius 3 is 3.12 bits per heavy atom. The molecule has 1 aromatic rings. The molecule has 17 heavy (non-hydrogen) atoms. The number of hydrogen-bond donors (Lipinski definition) is 1. The van der Waals surface area contributed by atoms with E-state index < -0.39 is 0 Å². The molecule has 2 rings (SSSR count). The Hall–Kier alpha value is -0.550. The molecule has 4 nitrogen and oxygen atoms in total. The molecule has 0 spiro atoms. The van der Waals surface area contributed by atoms with E-state index in [-0.39, 0.29) is 6.04 Å². The summed E-state index contributed by atoms with van der Waals surface area (Å²) >= 11 is 1.95. The zero-order valence-corrected chi connectivity index (χ0v) is 11.4. The van der Waals surface area contributed by atoms with E-state index in [1.807, 2.05) is 11.8 Å². The Balaban J connectivity index is 1.94. The molecule has 0 aliphatic carbocycles. The highest BCUT2D eigenvalue weighted by Crippen LogP contribution is 2.36. The molecule has 1 aliphatic heterocycles. The maximum absolute atomic E-state index is 5.34. The molecule has 1 aromatic heterocycles. The number of aromatic nitrogens is 2. The van der Waals surface area contributed by atoms with E-state index in [0.717, 1.165) is 24.7 Å². The summed E-state index contributed by atoms with van der Waals surface area (Å²) in [6.45, 7) is 5.20. The molecular weight excluding hydrogens is 234 g/mol. The maximum atomic E-state index is 5.34. The van der Waals surface area contributed by atoms with Gasteiger partial charge in [0.25, 0.3) is 0 Å². The molecule has 0 saturated carbocycles. The lowest BCUT2D eigenvalue weighted by Gasteiger charge is -2.17. The fourth-order valence-corrected chi connectivity index (χ4v) is 3.18. The van der Waals surface area contributed by atoms with E-state index in [4.69, 9.17) is 4.52 Å². The molecule has 1 aliphatic rings. The Kier molecular flexibility index (Phi) is 4.86. The topological polar surface area (TPSA) is 51.0 Å². The van der Waals surface area contributed by atoms with Crippen LogP contribution in [0.5, 0.6) is 0 Å². The van der Waals surface area contributed by atoms with Crippen LogP contribution in [0.2, 0.25) is 0 Å². The molecule has 1 N–H and O–H groups in total. The van der Waals surface area contributed by atoms with Crippen molar-refractivity contribution in [3.63, 3.8) is 0 Å². The Bertz CT molecular complexity index is 336. The van der Waals surface area contributed by atoms with Gasteiger partial charge in [-0.2, -0.15) is 16.7 Å². The van der Waals surface area contributed by atoms with Gasteiger partial charge >= 0.3 is 0 Å². The van der Waals surface area contributed by atoms with Crippen molar-refractivity contribution >= 4 is 11.8 Å². The van der Waals surface area contributed by atoms with Crippen molar-refractivity contribution in [2.24, 2.45) is 0 Å². The predicted molar refractivity (Wildman–Crippen MR) is 70.1 cm³/mol. The van der Waals surface area contributed by atoms with Crippen LogP contribution in [0.3, 0.4) is 0 Å². The van der Waals surface area contributed by atoms with E-state index in [2.05, 4.69) is 29.3 Å². The number of nitrogens with one attached hydrogen (secondary N) is 1. The maximum Gasteiger partial charge on any atom is 0.243 e. The molecule has 96 valence electrons. The lowest BCUT2D eigenvalue weighted by atomic mass is 10.2. The van der Waals surface area contributed by atoms with Crippen molar-refractivity contribution in [3.8, 4) is 0 Å². The summed E-state index contributed by atoms with van der Waals surface area (Å²) in [7, 11) is 0. The number of hydrogen-bond acceptors (Lipinski definition) is 5. The largest absolute Gasteiger partial charge is 0.338 e. The number of nitrogens with zero attached hydrogens (tertiary/aromatic N) is 2. The first-order valence-electron chi connectivity index (χ1n) is 6.49. The van der Waals surface area contributed by atoms with Crippen LogP contribution >= 0.6 is 11.8 Å². The molecule has 0 aromatic carbocycles. The van der Waals surface area contributed by atoms with Gasteiger partial charge in [-0.05, 0) is 38.5 Å². The Morgan fingerprint density at radius 1 is 1.53 bits per heavy atom. The minimum Gasteiger partial charge on any atom is -0.338 e. The van der Waals surface area contributed by atoms with Crippen molar-refractivity contribution in [1.29, 1.82) is 0 Å². The van der Waals surface area contributed by atoms with E-state index in [1.165, 1.54) is 25.0 Å². The van der Waals surface area contributed by atoms with Gasteiger partial charge in [-0.1, -0.05) is 18.5 Å². The minimum absolute atomic E-state index is 0.157. The summed E-state index contributed by atoms with van der Waals surface area (Å²) in [5.41, 5.74) is 0. The minimum atomic E-state index is 0.157. The van der Waals surface area contributed by atoms with Crippen molar-refractivity contribution in [3.05, 3.63) is 11.7 Å². The summed E-state index contributed by atoms with van der Waals surface area (Å²) in [5, 5.41) is 7.93. The summed E-state index contributed by atoms with van der Waals surface area (Å²) in [6, 6.07) is 0.157. The van der Waals surface area contributed by atoms with E-state index in [1.54, 1.807) is 0 Å². The zero-order chi connectivity index (χ0) is 12.1. The summed E-state index contributed by atoms with van der Waals surface area (Å²) in [5.74, 6) is 2.83. The van der Waals surface area contributed by atoms with E-state index in [9.17, 15) is 0 Å². The molecule has 2 atom stereocenters. The van der Waals surface area contributed by atoms with Crippen LogP contribution in [0, 0.1) is 0 Å². The summed E-state index contributed by atoms with van der Waals surface area (Å²) in [6.07, 6.45) is 4.90. The van der Waals surface area contributed by atoms with Gasteiger partial charge in [-0.25, -0.2) is 0 Å². The highest BCUT2D eigenvalue weighted by atomic mass is 32.2. The lowest BCUT2D eigenvalue weighted by Crippen LogP contribution is -2.19. The zero-order valence-electron chi connectivity index (χ0n) is 10.6. The van der Waals surface area contributed by atoms with Gasteiger partial charge in [0, 0.05) is 0 Å². The normalized spacial score (nSPS) is 22.6. The van der Waals surface area contributed by atoms with Crippen molar-refractivity contribution in [2.45, 2.75) is 50.8 Å². The van der Waals surface area contributed by atoms with Gasteiger partial charge in [0.05, 0.1) is 11.3 Å². The van der Waals surface area contributed by atoms with Crippen LogP contribution in [0.25, 0.3) is 0 Å². The van der Waals surface area contributed by atoms with Gasteiger partial charge in [0.2, 0.25) is 5.89 Å². The monoisotopic (exact) mass is 255 g/mol. The van der Waals surface area contributed by atoms with Crippen LogP contribution in [0.15, 0.2) is 4.52 Å². The van der Waals surface area contributed by atoms with Crippen LogP contribution < -0.4 is 5.32 Å². The second-order valence-corrected chi connectivity index (χ2v) is 5.83. The summed E-state index contributed by atoms with van der Waals surface area (Å²) < 4.78 is 5.34. The highest BCUT2D eigenvalue weighted by molar-refractivity contribution is 7.99. The Morgan fingerprint density at radius 2 is 2.41 bits per heavy atom. The van der Waals surface area contributed by atoms with Crippen molar-refractivity contribution < 1.29 is 4.52 Å². The number of rotatable bonds is 5. The molecule has 1 fully saturated rings. The average molecular weight is 255 g/mol. The molecule has 2 unspecified atom stereocenters. The first kappa shape index (κ1) is 12.9. The second kappa shape index (κ2) is 6.40. The molecule has 0 amide bonds. The van der Waals surface area contributed by atoms with Gasteiger partial charge in [0.15, 0.2) is 5.82 Å². The van der Waals surface area contributed by atoms with Gasteiger partial charge in [-0.3, -0.25) is 0 Å². The van der Waals surface area contributed by atoms with Crippen LogP contribution in [-0.2, 0) is 0 Å². The second-order valence-electron chi connectivity index (χ2n) is 4.52. The first-order valence-corrected chi connectivity index (χ1v) is 7.54. The van der Waals surface area contributed by atoms with E-state index in [0.29, 0.717) is 5.25 Å². The fourth-order valence-electron chi connectivity index (χ4n) is 1.95. The molecule has 1 saturated heterocycles. The van der Waals surface area contributed by atoms with Crippen molar-refractivity contribution in [1.82, 2.24) is 15.5 Å². The van der Waals surface area contributed by atoms with Crippen LogP contribution in [0.1, 0.15) is 62.5 Å². The first-order chi connectivity index (χ1) is 8.31. The number of thioether (sulfide) groups is 1. The molecular formula is C12H21N3OS. The third kappa shape index (κ3) is 3.45. The SMILES string of the molecule is CCCNC(C)c1nc(C2CCCCS2)no1. The standard InChI is InChI=1S/C12H21N3OS/c1-3-7-13-9(2)12-14-11(15-16-12)10-6-4-5-8-17-10/h9-10,13H,3-8H2,1-2H3. The van der Waals surface area contributed by atoms with Gasteiger partial charge < -0.3 is 9.84 Å². The molecule has 5 heteroatoms. The third-order valence-corrected chi connectivity index (χ3v) is 4.37.